The number of nitrogens with zero attached hydrogens (tertiary/aromatic N) is 1. The second-order valence-corrected chi connectivity index (χ2v) is 9.82. The van der Waals surface area contributed by atoms with E-state index >= 15 is 0 Å². The van der Waals surface area contributed by atoms with E-state index in [1.54, 1.807) is 13.0 Å². The number of sulfonamides is 1. The van der Waals surface area contributed by atoms with Gasteiger partial charge in [0.05, 0.1) is 17.1 Å². The maximum absolute atomic E-state index is 13.2. The number of anilines is 2. The minimum absolute atomic E-state index is 0.0268. The summed E-state index contributed by atoms with van der Waals surface area (Å²) in [7, 11) is -2.61. The molecule has 0 bridgehead atoms. The molecule has 0 unspecified atom stereocenters. The van der Waals surface area contributed by atoms with Crippen LogP contribution in [0.3, 0.4) is 0 Å². The fourth-order valence-corrected chi connectivity index (χ4v) is 4.88. The summed E-state index contributed by atoms with van der Waals surface area (Å²) in [6, 6.07) is 8.60. The Balaban J connectivity index is 1.80. The van der Waals surface area contributed by atoms with Crippen LogP contribution in [-0.2, 0) is 19.6 Å². The Morgan fingerprint density at radius 1 is 1.13 bits per heavy atom. The molecular formula is C22H27N3O5S. The highest BCUT2D eigenvalue weighted by Crippen LogP contribution is 2.35. The SMILES string of the molecule is CC[C@@H]1Oc2cc(S(=O)(=O)N(C)CC(=O)Nc3cc(C)cc(C)c3)c(C)cc2NC1=O. The molecular weight excluding hydrogens is 418 g/mol. The molecule has 3 rings (SSSR count). The summed E-state index contributed by atoms with van der Waals surface area (Å²) in [5.74, 6) is -0.407. The van der Waals surface area contributed by atoms with Crippen LogP contribution < -0.4 is 15.4 Å². The lowest BCUT2D eigenvalue weighted by Gasteiger charge is -2.27. The molecule has 8 nitrogen and oxygen atoms in total. The van der Waals surface area contributed by atoms with Crippen LogP contribution in [0.15, 0.2) is 35.2 Å². The minimum atomic E-state index is -3.96. The van der Waals surface area contributed by atoms with Gasteiger partial charge in [-0.05, 0) is 62.1 Å². The van der Waals surface area contributed by atoms with E-state index in [1.807, 2.05) is 39.0 Å². The predicted octanol–water partition coefficient (Wildman–Crippen LogP) is 2.98. The number of amides is 2. The molecule has 2 aromatic carbocycles. The van der Waals surface area contributed by atoms with Crippen LogP contribution in [0, 0.1) is 20.8 Å². The minimum Gasteiger partial charge on any atom is -0.478 e. The molecule has 0 saturated carbocycles. The summed E-state index contributed by atoms with van der Waals surface area (Å²) < 4.78 is 33.0. The van der Waals surface area contributed by atoms with Gasteiger partial charge in [0.15, 0.2) is 6.10 Å². The quantitative estimate of drug-likeness (QED) is 0.711. The Hall–Kier alpha value is -2.91. The summed E-state index contributed by atoms with van der Waals surface area (Å²) in [6.45, 7) is 6.94. The number of aryl methyl sites for hydroxylation is 3. The number of carbonyl (C=O) groups is 2. The summed E-state index contributed by atoms with van der Waals surface area (Å²) in [6.07, 6.45) is -0.216. The maximum Gasteiger partial charge on any atom is 0.265 e. The fourth-order valence-electron chi connectivity index (χ4n) is 3.53. The predicted molar refractivity (Wildman–Crippen MR) is 119 cm³/mol. The van der Waals surface area contributed by atoms with Crippen molar-refractivity contribution >= 4 is 33.2 Å². The lowest BCUT2D eigenvalue weighted by atomic mass is 10.1. The number of fused-ring (bicyclic) bond motifs is 1. The maximum atomic E-state index is 13.2. The molecule has 9 heteroatoms. The van der Waals surface area contributed by atoms with Gasteiger partial charge in [0.25, 0.3) is 5.91 Å². The monoisotopic (exact) mass is 445 g/mol. The number of hydrogen-bond donors (Lipinski definition) is 2. The molecule has 166 valence electrons. The summed E-state index contributed by atoms with van der Waals surface area (Å²) >= 11 is 0. The van der Waals surface area contributed by atoms with Crippen molar-refractivity contribution in [3.63, 3.8) is 0 Å². The highest BCUT2D eigenvalue weighted by atomic mass is 32.2. The van der Waals surface area contributed by atoms with Crippen molar-refractivity contribution < 1.29 is 22.7 Å². The van der Waals surface area contributed by atoms with Gasteiger partial charge in [-0.2, -0.15) is 4.31 Å². The van der Waals surface area contributed by atoms with E-state index in [0.717, 1.165) is 15.4 Å². The van der Waals surface area contributed by atoms with Crippen LogP contribution in [0.5, 0.6) is 5.75 Å². The van der Waals surface area contributed by atoms with Crippen LogP contribution in [0.1, 0.15) is 30.0 Å². The number of carbonyl (C=O) groups excluding carboxylic acids is 2. The van der Waals surface area contributed by atoms with Gasteiger partial charge in [-0.25, -0.2) is 8.42 Å². The number of benzene rings is 2. The van der Waals surface area contributed by atoms with Crippen molar-refractivity contribution in [1.82, 2.24) is 4.31 Å². The van der Waals surface area contributed by atoms with Crippen molar-refractivity contribution in [2.45, 2.75) is 45.1 Å². The highest BCUT2D eigenvalue weighted by Gasteiger charge is 2.31. The molecule has 1 heterocycles. The van der Waals surface area contributed by atoms with E-state index in [2.05, 4.69) is 10.6 Å². The molecule has 2 N–H and O–H groups in total. The number of nitrogens with one attached hydrogen (secondary N) is 2. The van der Waals surface area contributed by atoms with E-state index in [-0.39, 0.29) is 17.3 Å². The molecule has 2 amide bonds. The lowest BCUT2D eigenvalue weighted by molar-refractivity contribution is -0.123. The standard InChI is InChI=1S/C22H27N3O5S/c1-6-18-22(27)24-17-10-15(4)20(11-19(17)30-18)31(28,29)25(5)12-21(26)23-16-8-13(2)7-14(3)9-16/h7-11,18H,6,12H2,1-5H3,(H,23,26)(H,24,27)/t18-/m0/s1. The number of ether oxygens (including phenoxy) is 1. The molecule has 0 radical (unpaired) electrons. The normalized spacial score (nSPS) is 15.8. The average molecular weight is 446 g/mol. The number of hydrogen-bond acceptors (Lipinski definition) is 5. The Labute approximate surface area is 182 Å². The van der Waals surface area contributed by atoms with Crippen LogP contribution in [0.4, 0.5) is 11.4 Å². The van der Waals surface area contributed by atoms with Gasteiger partial charge in [-0.15, -0.1) is 0 Å². The average Bonchev–Trinajstić information content (AvgIpc) is 2.65. The van der Waals surface area contributed by atoms with Gasteiger partial charge in [0, 0.05) is 18.8 Å². The van der Waals surface area contributed by atoms with E-state index in [1.165, 1.54) is 13.1 Å². The Morgan fingerprint density at radius 3 is 2.39 bits per heavy atom. The summed E-state index contributed by atoms with van der Waals surface area (Å²) in [5.41, 5.74) is 3.49. The Kier molecular flexibility index (Phi) is 6.38. The third-order valence-electron chi connectivity index (χ3n) is 5.03. The van der Waals surface area contributed by atoms with Gasteiger partial charge in [-0.3, -0.25) is 9.59 Å². The van der Waals surface area contributed by atoms with Crippen LogP contribution in [-0.4, -0.2) is 44.2 Å². The zero-order valence-corrected chi connectivity index (χ0v) is 19.1. The molecule has 0 aliphatic carbocycles. The topological polar surface area (TPSA) is 105 Å². The van der Waals surface area contributed by atoms with E-state index in [0.29, 0.717) is 29.1 Å². The van der Waals surface area contributed by atoms with E-state index < -0.39 is 22.0 Å². The highest BCUT2D eigenvalue weighted by molar-refractivity contribution is 7.89. The van der Waals surface area contributed by atoms with Crippen LogP contribution in [0.2, 0.25) is 0 Å². The lowest BCUT2D eigenvalue weighted by Crippen LogP contribution is -2.37. The van der Waals surface area contributed by atoms with E-state index in [4.69, 9.17) is 4.74 Å². The zero-order valence-electron chi connectivity index (χ0n) is 18.3. The third-order valence-corrected chi connectivity index (χ3v) is 6.97. The molecule has 0 saturated heterocycles. The van der Waals surface area contributed by atoms with Crippen molar-refractivity contribution in [2.75, 3.05) is 24.2 Å². The molecule has 0 aromatic heterocycles. The molecule has 1 atom stereocenters. The van der Waals surface area contributed by atoms with Crippen molar-refractivity contribution in [2.24, 2.45) is 0 Å². The van der Waals surface area contributed by atoms with Crippen molar-refractivity contribution in [3.05, 3.63) is 47.0 Å². The molecule has 0 fully saturated rings. The van der Waals surface area contributed by atoms with E-state index in [9.17, 15) is 18.0 Å². The van der Waals surface area contributed by atoms with Gasteiger partial charge in [0.2, 0.25) is 15.9 Å². The fraction of sp³-hybridized carbons (Fsp3) is 0.364. The molecule has 2 aromatic rings. The number of rotatable bonds is 6. The van der Waals surface area contributed by atoms with Gasteiger partial charge >= 0.3 is 0 Å². The molecule has 31 heavy (non-hydrogen) atoms. The summed E-state index contributed by atoms with van der Waals surface area (Å²) in [5, 5.41) is 5.49. The summed E-state index contributed by atoms with van der Waals surface area (Å²) in [4.78, 5) is 24.5. The van der Waals surface area contributed by atoms with Crippen molar-refractivity contribution in [1.29, 1.82) is 0 Å². The van der Waals surface area contributed by atoms with Gasteiger partial charge < -0.3 is 15.4 Å². The second-order valence-electron chi connectivity index (χ2n) is 7.80. The third kappa shape index (κ3) is 4.88. The Bertz CT molecular complexity index is 1120. The smallest absolute Gasteiger partial charge is 0.265 e. The molecule has 0 spiro atoms. The molecule has 1 aliphatic rings. The van der Waals surface area contributed by atoms with Crippen molar-refractivity contribution in [3.8, 4) is 5.75 Å². The van der Waals surface area contributed by atoms with Gasteiger partial charge in [-0.1, -0.05) is 13.0 Å². The van der Waals surface area contributed by atoms with Gasteiger partial charge in [0.1, 0.15) is 5.75 Å². The first-order valence-electron chi connectivity index (χ1n) is 9.98. The largest absolute Gasteiger partial charge is 0.478 e. The second kappa shape index (κ2) is 8.68. The zero-order chi connectivity index (χ0) is 22.9. The first-order chi connectivity index (χ1) is 14.5. The van der Waals surface area contributed by atoms with Crippen LogP contribution in [0.25, 0.3) is 0 Å². The Morgan fingerprint density at radius 2 is 1.77 bits per heavy atom. The number of likely N-dealkylation sites (N-methyl/N-ethyl adjacent to an activating group) is 1. The van der Waals surface area contributed by atoms with Crippen LogP contribution >= 0.6 is 0 Å². The first-order valence-corrected chi connectivity index (χ1v) is 11.4. The first kappa shape index (κ1) is 22.8. The molecule has 1 aliphatic heterocycles.